The van der Waals surface area contributed by atoms with Crippen LogP contribution in [-0.4, -0.2) is 18.6 Å². The first-order valence-corrected chi connectivity index (χ1v) is 7.90. The molecule has 0 saturated carbocycles. The van der Waals surface area contributed by atoms with E-state index in [-0.39, 0.29) is 15.0 Å². The summed E-state index contributed by atoms with van der Waals surface area (Å²) >= 11 is 6.85. The van der Waals surface area contributed by atoms with Gasteiger partial charge in [-0.25, -0.2) is 12.8 Å². The zero-order valence-corrected chi connectivity index (χ0v) is 12.1. The number of aryl methyl sites for hydroxylation is 1. The zero-order valence-electron chi connectivity index (χ0n) is 9.72. The van der Waals surface area contributed by atoms with Crippen LogP contribution < -0.4 is 4.72 Å². The molecule has 0 aliphatic rings. The van der Waals surface area contributed by atoms with Crippen molar-refractivity contribution >= 4 is 38.1 Å². The second-order valence-electron chi connectivity index (χ2n) is 3.53. The van der Waals surface area contributed by atoms with E-state index < -0.39 is 15.8 Å². The van der Waals surface area contributed by atoms with Crippen LogP contribution in [0.25, 0.3) is 0 Å². The Morgan fingerprint density at radius 3 is 2.74 bits per heavy atom. The molecule has 0 fully saturated rings. The highest BCUT2D eigenvalue weighted by Crippen LogP contribution is 2.25. The minimum Gasteiger partial charge on any atom is -0.253 e. The summed E-state index contributed by atoms with van der Waals surface area (Å²) in [5.74, 6) is -0.604. The molecule has 0 aliphatic carbocycles. The minimum absolute atomic E-state index is 0.150. The lowest BCUT2D eigenvalue weighted by atomic mass is 10.3. The van der Waals surface area contributed by atoms with Crippen molar-refractivity contribution < 1.29 is 12.8 Å². The number of nitrogens with one attached hydrogen (secondary N) is 1. The van der Waals surface area contributed by atoms with Crippen molar-refractivity contribution in [3.05, 3.63) is 34.0 Å². The topological polar surface area (TPSA) is 72.0 Å². The van der Waals surface area contributed by atoms with Crippen LogP contribution in [0.15, 0.2) is 23.1 Å². The first-order chi connectivity index (χ1) is 8.92. The second kappa shape index (κ2) is 5.40. The van der Waals surface area contributed by atoms with Gasteiger partial charge in [-0.05, 0) is 24.6 Å². The summed E-state index contributed by atoms with van der Waals surface area (Å²) in [6, 6.07) is 3.06. The quantitative estimate of drug-likeness (QED) is 0.939. The largest absolute Gasteiger partial charge is 0.265 e. The number of nitrogens with zero attached hydrogens (tertiary/aromatic N) is 2. The molecule has 0 unspecified atom stereocenters. The molecule has 1 heterocycles. The summed E-state index contributed by atoms with van der Waals surface area (Å²) in [7, 11) is -3.90. The maximum Gasteiger partial charge on any atom is 0.265 e. The van der Waals surface area contributed by atoms with E-state index in [1.807, 2.05) is 6.92 Å². The minimum atomic E-state index is -3.90. The Labute approximate surface area is 118 Å². The van der Waals surface area contributed by atoms with Gasteiger partial charge in [0.25, 0.3) is 10.0 Å². The van der Waals surface area contributed by atoms with E-state index in [0.717, 1.165) is 29.5 Å². The van der Waals surface area contributed by atoms with Crippen LogP contribution in [-0.2, 0) is 16.4 Å². The molecule has 0 amide bonds. The lowest BCUT2D eigenvalue weighted by Crippen LogP contribution is -2.13. The Hall–Kier alpha value is -1.25. The number of aromatic nitrogens is 2. The normalized spacial score (nSPS) is 11.5. The van der Waals surface area contributed by atoms with Crippen LogP contribution in [0.3, 0.4) is 0 Å². The number of sulfonamides is 1. The second-order valence-corrected chi connectivity index (χ2v) is 6.65. The van der Waals surface area contributed by atoms with Crippen molar-refractivity contribution in [1.29, 1.82) is 0 Å². The van der Waals surface area contributed by atoms with E-state index >= 15 is 0 Å². The van der Waals surface area contributed by atoms with Crippen LogP contribution in [0, 0.1) is 5.82 Å². The summed E-state index contributed by atoms with van der Waals surface area (Å²) in [6.45, 7) is 1.88. The SMILES string of the molecule is CCc1nnc(NS(=O)(=O)c2ccc(F)cc2Cl)s1. The molecule has 2 aromatic rings. The van der Waals surface area contributed by atoms with E-state index in [2.05, 4.69) is 14.9 Å². The lowest BCUT2D eigenvalue weighted by molar-refractivity contribution is 0.599. The van der Waals surface area contributed by atoms with Gasteiger partial charge < -0.3 is 0 Å². The third-order valence-corrected chi connectivity index (χ3v) is 5.11. The monoisotopic (exact) mass is 321 g/mol. The third-order valence-electron chi connectivity index (χ3n) is 2.17. The summed E-state index contributed by atoms with van der Waals surface area (Å²) in [6.07, 6.45) is 0.663. The van der Waals surface area contributed by atoms with Crippen molar-refractivity contribution in [1.82, 2.24) is 10.2 Å². The first-order valence-electron chi connectivity index (χ1n) is 5.22. The van der Waals surface area contributed by atoms with Gasteiger partial charge in [-0.2, -0.15) is 0 Å². The average Bonchev–Trinajstić information content (AvgIpc) is 2.75. The predicted octanol–water partition coefficient (Wildman–Crippen LogP) is 2.69. The molecule has 0 spiro atoms. The van der Waals surface area contributed by atoms with Crippen LogP contribution >= 0.6 is 22.9 Å². The van der Waals surface area contributed by atoms with Gasteiger partial charge in [0.2, 0.25) is 5.13 Å². The predicted molar refractivity (Wildman–Crippen MR) is 71.5 cm³/mol. The maximum atomic E-state index is 12.9. The molecule has 0 saturated heterocycles. The van der Waals surface area contributed by atoms with E-state index in [1.165, 1.54) is 0 Å². The number of anilines is 1. The molecule has 5 nitrogen and oxygen atoms in total. The molecule has 2 rings (SSSR count). The summed E-state index contributed by atoms with van der Waals surface area (Å²) in [5, 5.41) is 8.18. The Balaban J connectivity index is 2.32. The van der Waals surface area contributed by atoms with Gasteiger partial charge in [-0.15, -0.1) is 10.2 Å². The van der Waals surface area contributed by atoms with Gasteiger partial charge in [0.15, 0.2) is 0 Å². The fourth-order valence-corrected chi connectivity index (χ4v) is 3.74. The smallest absolute Gasteiger partial charge is 0.253 e. The molecule has 19 heavy (non-hydrogen) atoms. The number of halogens is 2. The van der Waals surface area contributed by atoms with Crippen LogP contribution in [0.4, 0.5) is 9.52 Å². The van der Waals surface area contributed by atoms with E-state index in [0.29, 0.717) is 11.4 Å². The van der Waals surface area contributed by atoms with Crippen molar-refractivity contribution in [3.63, 3.8) is 0 Å². The van der Waals surface area contributed by atoms with E-state index in [1.54, 1.807) is 0 Å². The van der Waals surface area contributed by atoms with Gasteiger partial charge in [-0.3, -0.25) is 4.72 Å². The van der Waals surface area contributed by atoms with Gasteiger partial charge >= 0.3 is 0 Å². The molecule has 0 aliphatic heterocycles. The molecule has 1 N–H and O–H groups in total. The molecule has 9 heteroatoms. The molecule has 102 valence electrons. The molecule has 0 atom stereocenters. The molecule has 1 aromatic heterocycles. The number of hydrogen-bond acceptors (Lipinski definition) is 5. The van der Waals surface area contributed by atoms with Crippen molar-refractivity contribution in [2.45, 2.75) is 18.2 Å². The van der Waals surface area contributed by atoms with Gasteiger partial charge in [0.1, 0.15) is 15.7 Å². The van der Waals surface area contributed by atoms with Crippen molar-refractivity contribution in [2.24, 2.45) is 0 Å². The average molecular weight is 322 g/mol. The summed E-state index contributed by atoms with van der Waals surface area (Å²) < 4.78 is 39.3. The fraction of sp³-hybridized carbons (Fsp3) is 0.200. The molecular formula is C10H9ClFN3O2S2. The summed E-state index contributed by atoms with van der Waals surface area (Å²) in [5.41, 5.74) is 0. The Morgan fingerprint density at radius 1 is 1.42 bits per heavy atom. The highest BCUT2D eigenvalue weighted by atomic mass is 35.5. The highest BCUT2D eigenvalue weighted by Gasteiger charge is 2.20. The van der Waals surface area contributed by atoms with Crippen LogP contribution in [0.1, 0.15) is 11.9 Å². The molecule has 0 bridgehead atoms. The van der Waals surface area contributed by atoms with Gasteiger partial charge in [0.05, 0.1) is 5.02 Å². The summed E-state index contributed by atoms with van der Waals surface area (Å²) in [4.78, 5) is -0.205. The molecule has 0 radical (unpaired) electrons. The van der Waals surface area contributed by atoms with E-state index in [9.17, 15) is 12.8 Å². The Bertz CT molecular complexity index is 703. The first kappa shape index (κ1) is 14.2. The van der Waals surface area contributed by atoms with Crippen molar-refractivity contribution in [3.8, 4) is 0 Å². The van der Waals surface area contributed by atoms with Gasteiger partial charge in [0, 0.05) is 0 Å². The van der Waals surface area contributed by atoms with Crippen molar-refractivity contribution in [2.75, 3.05) is 4.72 Å². The number of hydrogen-bond donors (Lipinski definition) is 1. The van der Waals surface area contributed by atoms with E-state index in [4.69, 9.17) is 11.6 Å². The third kappa shape index (κ3) is 3.20. The maximum absolute atomic E-state index is 12.9. The van der Waals surface area contributed by atoms with Crippen LogP contribution in [0.2, 0.25) is 5.02 Å². The Morgan fingerprint density at radius 2 is 2.16 bits per heavy atom. The molecular weight excluding hydrogens is 313 g/mol. The molecule has 1 aromatic carbocycles. The highest BCUT2D eigenvalue weighted by molar-refractivity contribution is 7.93. The van der Waals surface area contributed by atoms with Crippen LogP contribution in [0.5, 0.6) is 0 Å². The standard InChI is InChI=1S/C10H9ClFN3O2S2/c1-2-9-13-14-10(18-9)15-19(16,17)8-4-3-6(12)5-7(8)11/h3-5H,2H2,1H3,(H,14,15). The number of benzene rings is 1. The lowest BCUT2D eigenvalue weighted by Gasteiger charge is -2.06. The Kier molecular flexibility index (Phi) is 4.02. The van der Waals surface area contributed by atoms with Gasteiger partial charge in [-0.1, -0.05) is 29.9 Å². The zero-order chi connectivity index (χ0) is 14.0. The fourth-order valence-electron chi connectivity index (χ4n) is 1.30. The number of rotatable bonds is 4.